The molecule has 2 amide bonds. The van der Waals surface area contributed by atoms with Crippen LogP contribution in [0.2, 0.25) is 0 Å². The molecule has 0 unspecified atom stereocenters. The summed E-state index contributed by atoms with van der Waals surface area (Å²) in [6.07, 6.45) is 10.5. The van der Waals surface area contributed by atoms with Crippen molar-refractivity contribution in [2.45, 2.75) is 75.9 Å². The van der Waals surface area contributed by atoms with Crippen LogP contribution in [-0.4, -0.2) is 73.9 Å². The van der Waals surface area contributed by atoms with Gasteiger partial charge in [-0.3, -0.25) is 5.10 Å². The first-order valence-corrected chi connectivity index (χ1v) is 13.8. The van der Waals surface area contributed by atoms with Crippen molar-refractivity contribution in [1.82, 2.24) is 30.0 Å². The lowest BCUT2D eigenvalue weighted by molar-refractivity contribution is -0.0777. The summed E-state index contributed by atoms with van der Waals surface area (Å²) in [6, 6.07) is 3.51. The summed E-state index contributed by atoms with van der Waals surface area (Å²) in [4.78, 5) is 25.6. The van der Waals surface area contributed by atoms with Crippen LogP contribution in [0, 0.1) is 16.7 Å². The summed E-state index contributed by atoms with van der Waals surface area (Å²) in [5.41, 5.74) is 0.734. The fourth-order valence-corrected chi connectivity index (χ4v) is 7.28. The maximum absolute atomic E-state index is 13.1. The zero-order valence-electron chi connectivity index (χ0n) is 21.4. The molecular formula is C27H34F2N6O3. The van der Waals surface area contributed by atoms with Gasteiger partial charge < -0.3 is 19.6 Å². The third-order valence-electron chi connectivity index (χ3n) is 9.73. The maximum Gasteiger partial charge on any atom is 0.388 e. The number of alkyl halides is 2. The van der Waals surface area contributed by atoms with E-state index in [2.05, 4.69) is 24.9 Å². The highest BCUT2D eigenvalue weighted by molar-refractivity contribution is 5.76. The lowest BCUT2D eigenvalue weighted by atomic mass is 9.57. The zero-order valence-corrected chi connectivity index (χ0v) is 21.4. The predicted molar refractivity (Wildman–Crippen MR) is 131 cm³/mol. The molecule has 2 aromatic rings. The molecule has 3 aliphatic carbocycles. The van der Waals surface area contributed by atoms with Crippen LogP contribution in [0.25, 0.3) is 0 Å². The fourth-order valence-electron chi connectivity index (χ4n) is 7.28. The molecule has 0 atom stereocenters. The van der Waals surface area contributed by atoms with E-state index in [1.807, 2.05) is 15.9 Å². The first kappa shape index (κ1) is 24.2. The molecule has 38 heavy (non-hydrogen) atoms. The molecule has 2 spiro atoms. The van der Waals surface area contributed by atoms with Crippen molar-refractivity contribution in [2.75, 3.05) is 26.2 Å². The number of H-pyrrole nitrogens is 1. The molecule has 7 rings (SSSR count). The maximum atomic E-state index is 13.1. The third kappa shape index (κ3) is 4.32. The van der Waals surface area contributed by atoms with Gasteiger partial charge >= 0.3 is 12.6 Å². The normalized spacial score (nSPS) is 25.3. The van der Waals surface area contributed by atoms with Crippen molar-refractivity contribution in [1.29, 1.82) is 0 Å². The Balaban J connectivity index is 0.831. The van der Waals surface area contributed by atoms with E-state index in [-0.39, 0.29) is 22.7 Å². The van der Waals surface area contributed by atoms with E-state index in [0.29, 0.717) is 17.7 Å². The van der Waals surface area contributed by atoms with E-state index in [9.17, 15) is 18.7 Å². The van der Waals surface area contributed by atoms with Crippen LogP contribution in [0.4, 0.5) is 13.6 Å². The summed E-state index contributed by atoms with van der Waals surface area (Å²) in [7, 11) is 0. The van der Waals surface area contributed by atoms with Crippen molar-refractivity contribution < 1.29 is 23.4 Å². The van der Waals surface area contributed by atoms with Crippen molar-refractivity contribution >= 4 is 6.03 Å². The number of aromatic nitrogens is 4. The third-order valence-corrected chi connectivity index (χ3v) is 9.73. The average Bonchev–Trinajstić information content (AvgIpc) is 3.37. The number of ether oxygens (including phenoxy) is 1. The van der Waals surface area contributed by atoms with Gasteiger partial charge in [0.05, 0.1) is 0 Å². The largest absolute Gasteiger partial charge is 0.417 e. The number of pyridine rings is 1. The molecular weight excluding hydrogens is 494 g/mol. The Morgan fingerprint density at radius 1 is 1.08 bits per heavy atom. The van der Waals surface area contributed by atoms with Crippen LogP contribution in [0.3, 0.4) is 0 Å². The molecule has 2 saturated heterocycles. The van der Waals surface area contributed by atoms with Crippen molar-refractivity contribution in [2.24, 2.45) is 16.7 Å². The SMILES string of the molecule is O=C(N1CC2(CCC(Cc3ccc(OC(F)F)nc3)CC2)C1)N1CC2(CC(c3nc(C4(O)CC4)n[nH]3)C2)C1. The average molecular weight is 529 g/mol. The Hall–Kier alpha value is -2.82. The molecule has 5 aliphatic rings. The van der Waals surface area contributed by atoms with E-state index >= 15 is 0 Å². The Morgan fingerprint density at radius 2 is 1.76 bits per heavy atom. The molecule has 4 heterocycles. The summed E-state index contributed by atoms with van der Waals surface area (Å²) < 4.78 is 28.9. The minimum absolute atomic E-state index is 0.0476. The van der Waals surface area contributed by atoms with Gasteiger partial charge in [-0.1, -0.05) is 6.07 Å². The standard InChI is InChI=1S/C27H34F2N6O3/c28-23(29)38-20-2-1-18(12-30-20)9-17-3-5-25(6-4-17)13-34(14-25)24(36)35-15-26(16-35)10-19(11-26)21-31-22(33-32-21)27(37)7-8-27/h1-2,12,17,19,23,37H,3-11,13-16H2,(H,31,32,33). The van der Waals surface area contributed by atoms with Crippen molar-refractivity contribution in [3.63, 3.8) is 0 Å². The zero-order chi connectivity index (χ0) is 26.1. The lowest BCUT2D eigenvalue weighted by Crippen LogP contribution is -2.69. The second-order valence-corrected chi connectivity index (χ2v) is 12.7. The minimum Gasteiger partial charge on any atom is -0.417 e. The molecule has 5 fully saturated rings. The van der Waals surface area contributed by atoms with Crippen LogP contribution < -0.4 is 4.74 Å². The Morgan fingerprint density at radius 3 is 2.37 bits per heavy atom. The Labute approximate surface area is 220 Å². The number of hydrogen-bond acceptors (Lipinski definition) is 6. The molecule has 0 bridgehead atoms. The lowest BCUT2D eigenvalue weighted by Gasteiger charge is -2.61. The Kier molecular flexibility index (Phi) is 5.48. The number of nitrogens with zero attached hydrogens (tertiary/aromatic N) is 5. The summed E-state index contributed by atoms with van der Waals surface area (Å²) in [6.45, 7) is 0.513. The van der Waals surface area contributed by atoms with Gasteiger partial charge in [-0.25, -0.2) is 14.8 Å². The van der Waals surface area contributed by atoms with Crippen LogP contribution in [0.15, 0.2) is 18.3 Å². The van der Waals surface area contributed by atoms with E-state index in [1.165, 1.54) is 6.07 Å². The summed E-state index contributed by atoms with van der Waals surface area (Å²) >= 11 is 0. The highest BCUT2D eigenvalue weighted by Crippen LogP contribution is 2.56. The number of aliphatic hydroxyl groups is 1. The Bertz CT molecular complexity index is 1190. The van der Waals surface area contributed by atoms with Gasteiger partial charge in [0.25, 0.3) is 0 Å². The number of carbonyl (C=O) groups excluding carboxylic acids is 1. The first-order valence-electron chi connectivity index (χ1n) is 13.8. The molecule has 2 aromatic heterocycles. The molecule has 2 aliphatic heterocycles. The monoisotopic (exact) mass is 528 g/mol. The minimum atomic E-state index is -2.86. The second-order valence-electron chi connectivity index (χ2n) is 12.7. The van der Waals surface area contributed by atoms with Gasteiger partial charge in [-0.2, -0.15) is 13.9 Å². The van der Waals surface area contributed by atoms with Gasteiger partial charge in [0.1, 0.15) is 11.4 Å². The number of urea groups is 1. The van der Waals surface area contributed by atoms with Gasteiger partial charge in [0.2, 0.25) is 5.88 Å². The summed E-state index contributed by atoms with van der Waals surface area (Å²) in [5, 5.41) is 17.4. The van der Waals surface area contributed by atoms with E-state index in [0.717, 1.165) is 95.4 Å². The van der Waals surface area contributed by atoms with E-state index in [1.54, 1.807) is 6.20 Å². The number of nitrogens with one attached hydrogen (secondary N) is 1. The van der Waals surface area contributed by atoms with E-state index in [4.69, 9.17) is 0 Å². The number of carbonyl (C=O) groups is 1. The number of likely N-dealkylation sites (tertiary alicyclic amines) is 2. The van der Waals surface area contributed by atoms with Crippen molar-refractivity contribution in [3.8, 4) is 5.88 Å². The first-order chi connectivity index (χ1) is 18.2. The van der Waals surface area contributed by atoms with Crippen molar-refractivity contribution in [3.05, 3.63) is 35.5 Å². The number of halogens is 2. The van der Waals surface area contributed by atoms with Crippen LogP contribution in [0.5, 0.6) is 5.88 Å². The molecule has 11 heteroatoms. The highest BCUT2D eigenvalue weighted by atomic mass is 19.3. The van der Waals surface area contributed by atoms with Crippen LogP contribution in [-0.2, 0) is 12.0 Å². The molecule has 2 N–H and O–H groups in total. The van der Waals surface area contributed by atoms with Gasteiger partial charge in [-0.15, -0.1) is 0 Å². The van der Waals surface area contributed by atoms with Gasteiger partial charge in [0, 0.05) is 55.2 Å². The van der Waals surface area contributed by atoms with Crippen LogP contribution in [0.1, 0.15) is 74.5 Å². The predicted octanol–water partition coefficient (Wildman–Crippen LogP) is 3.82. The number of rotatable bonds is 6. The molecule has 3 saturated carbocycles. The van der Waals surface area contributed by atoms with Gasteiger partial charge in [-0.05, 0) is 69.3 Å². The second kappa shape index (κ2) is 8.59. The number of aromatic amines is 1. The molecule has 0 radical (unpaired) electrons. The smallest absolute Gasteiger partial charge is 0.388 e. The van der Waals surface area contributed by atoms with Gasteiger partial charge in [0.15, 0.2) is 5.82 Å². The molecule has 9 nitrogen and oxygen atoms in total. The quantitative estimate of drug-likeness (QED) is 0.591. The molecule has 0 aromatic carbocycles. The summed E-state index contributed by atoms with van der Waals surface area (Å²) in [5.74, 6) is 2.27. The fraction of sp³-hybridized carbons (Fsp3) is 0.704. The molecule has 204 valence electrons. The highest BCUT2D eigenvalue weighted by Gasteiger charge is 2.57. The van der Waals surface area contributed by atoms with Crippen LogP contribution >= 0.6 is 0 Å². The van der Waals surface area contributed by atoms with E-state index < -0.39 is 12.2 Å². The number of amides is 2. The number of hydrogen-bond donors (Lipinski definition) is 2. The topological polar surface area (TPSA) is 107 Å².